The molecular weight excluding hydrogens is 374 g/mol. The number of amides is 1. The quantitative estimate of drug-likeness (QED) is 0.603. The highest BCUT2D eigenvalue weighted by atomic mass is 32.2. The second kappa shape index (κ2) is 10.9. The van der Waals surface area contributed by atoms with Gasteiger partial charge in [0.15, 0.2) is 0 Å². The smallest absolute Gasteiger partial charge is 0.235 e. The van der Waals surface area contributed by atoms with Gasteiger partial charge in [-0.15, -0.1) is 0 Å². The first-order chi connectivity index (χ1) is 13.3. The Hall–Kier alpha value is -1.44. The van der Waals surface area contributed by atoms with Crippen LogP contribution in [0.5, 0.6) is 0 Å². The molecule has 0 saturated carbocycles. The zero-order valence-electron chi connectivity index (χ0n) is 17.5. The van der Waals surface area contributed by atoms with Gasteiger partial charge in [-0.3, -0.25) is 4.79 Å². The van der Waals surface area contributed by atoms with E-state index in [2.05, 4.69) is 17.1 Å². The highest BCUT2D eigenvalue weighted by Gasteiger charge is 2.21. The van der Waals surface area contributed by atoms with Gasteiger partial charge in [-0.1, -0.05) is 43.2 Å². The molecule has 0 aromatic heterocycles. The molecule has 0 aliphatic carbocycles. The molecule has 1 aromatic carbocycles. The van der Waals surface area contributed by atoms with Crippen LogP contribution in [0, 0.1) is 6.92 Å². The molecule has 28 heavy (non-hydrogen) atoms. The highest BCUT2D eigenvalue weighted by molar-refractivity contribution is 7.88. The standard InChI is InChI=1S/C21H35N3O3S/c1-4-20-8-5-6-14-23(20)15-7-13-22-21(25)17-24(28(3,26)27)16-19-11-9-18(2)10-12-19/h9-12,20H,4-8,13-17H2,1-3H3,(H,22,25)/t20-/m0/s1. The van der Waals surface area contributed by atoms with Gasteiger partial charge in [0.2, 0.25) is 15.9 Å². The number of aryl methyl sites for hydroxylation is 1. The topological polar surface area (TPSA) is 69.7 Å². The lowest BCUT2D eigenvalue weighted by Crippen LogP contribution is -2.42. The van der Waals surface area contributed by atoms with Crippen molar-refractivity contribution in [1.82, 2.24) is 14.5 Å². The predicted octanol–water partition coefficient (Wildman–Crippen LogP) is 2.53. The van der Waals surface area contributed by atoms with Gasteiger partial charge in [-0.05, 0) is 44.7 Å². The lowest BCUT2D eigenvalue weighted by molar-refractivity contribution is -0.121. The van der Waals surface area contributed by atoms with E-state index in [1.807, 2.05) is 31.2 Å². The van der Waals surface area contributed by atoms with Crippen molar-refractivity contribution in [1.29, 1.82) is 0 Å². The first kappa shape index (κ1) is 22.8. The van der Waals surface area contributed by atoms with Crippen molar-refractivity contribution in [2.45, 2.75) is 58.5 Å². The van der Waals surface area contributed by atoms with Gasteiger partial charge in [-0.2, -0.15) is 4.31 Å². The molecule has 1 saturated heterocycles. The molecule has 0 unspecified atom stereocenters. The van der Waals surface area contributed by atoms with E-state index in [0.29, 0.717) is 12.6 Å². The zero-order valence-corrected chi connectivity index (χ0v) is 18.3. The van der Waals surface area contributed by atoms with Crippen LogP contribution in [0.2, 0.25) is 0 Å². The van der Waals surface area contributed by atoms with E-state index >= 15 is 0 Å². The average Bonchev–Trinajstić information content (AvgIpc) is 2.66. The molecule has 0 bridgehead atoms. The molecule has 158 valence electrons. The Balaban J connectivity index is 1.79. The fraction of sp³-hybridized carbons (Fsp3) is 0.667. The number of nitrogens with one attached hydrogen (secondary N) is 1. The minimum Gasteiger partial charge on any atom is -0.355 e. The summed E-state index contributed by atoms with van der Waals surface area (Å²) in [6.07, 6.45) is 7.05. The Morgan fingerprint density at radius 2 is 1.96 bits per heavy atom. The monoisotopic (exact) mass is 409 g/mol. The van der Waals surface area contributed by atoms with Crippen LogP contribution in [0.15, 0.2) is 24.3 Å². The number of rotatable bonds is 10. The number of hydrogen-bond donors (Lipinski definition) is 1. The lowest BCUT2D eigenvalue weighted by atomic mass is 10.00. The van der Waals surface area contributed by atoms with Crippen molar-refractivity contribution in [3.8, 4) is 0 Å². The fourth-order valence-electron chi connectivity index (χ4n) is 3.73. The maximum atomic E-state index is 12.3. The Kier molecular flexibility index (Phi) is 8.92. The predicted molar refractivity (Wildman–Crippen MR) is 114 cm³/mol. The van der Waals surface area contributed by atoms with Gasteiger partial charge in [0.1, 0.15) is 0 Å². The third-order valence-corrected chi connectivity index (χ3v) is 6.63. The van der Waals surface area contributed by atoms with Crippen molar-refractivity contribution in [3.63, 3.8) is 0 Å². The van der Waals surface area contributed by atoms with Gasteiger partial charge in [-0.25, -0.2) is 8.42 Å². The van der Waals surface area contributed by atoms with Crippen LogP contribution in [0.25, 0.3) is 0 Å². The molecule has 0 spiro atoms. The normalized spacial score (nSPS) is 18.4. The number of carbonyl (C=O) groups excluding carboxylic acids is 1. The number of nitrogens with zero attached hydrogens (tertiary/aromatic N) is 2. The Bertz CT molecular complexity index is 719. The van der Waals surface area contributed by atoms with Crippen LogP contribution in [0.1, 0.15) is 50.2 Å². The summed E-state index contributed by atoms with van der Waals surface area (Å²) in [6.45, 7) is 6.99. The van der Waals surface area contributed by atoms with Crippen molar-refractivity contribution >= 4 is 15.9 Å². The van der Waals surface area contributed by atoms with Crippen LogP contribution in [0.3, 0.4) is 0 Å². The number of benzene rings is 1. The fourth-order valence-corrected chi connectivity index (χ4v) is 4.47. The molecule has 1 atom stereocenters. The highest BCUT2D eigenvalue weighted by Crippen LogP contribution is 2.19. The van der Waals surface area contributed by atoms with Crippen molar-refractivity contribution in [2.24, 2.45) is 0 Å². The maximum Gasteiger partial charge on any atom is 0.235 e. The molecule has 1 heterocycles. The molecule has 6 nitrogen and oxygen atoms in total. The third-order valence-electron chi connectivity index (χ3n) is 5.43. The van der Waals surface area contributed by atoms with Crippen molar-refractivity contribution < 1.29 is 13.2 Å². The summed E-state index contributed by atoms with van der Waals surface area (Å²) >= 11 is 0. The largest absolute Gasteiger partial charge is 0.355 e. The Morgan fingerprint density at radius 1 is 1.25 bits per heavy atom. The molecule has 7 heteroatoms. The van der Waals surface area contributed by atoms with Crippen LogP contribution < -0.4 is 5.32 Å². The van der Waals surface area contributed by atoms with Crippen LogP contribution in [-0.4, -0.2) is 62.0 Å². The minimum atomic E-state index is -3.46. The number of piperidine rings is 1. The van der Waals surface area contributed by atoms with E-state index < -0.39 is 10.0 Å². The second-order valence-electron chi connectivity index (χ2n) is 7.81. The molecule has 0 radical (unpaired) electrons. The van der Waals surface area contributed by atoms with E-state index in [-0.39, 0.29) is 19.0 Å². The Labute approximate surface area is 170 Å². The summed E-state index contributed by atoms with van der Waals surface area (Å²) < 4.78 is 25.4. The van der Waals surface area contributed by atoms with E-state index in [4.69, 9.17) is 0 Å². The molecule has 1 amide bonds. The van der Waals surface area contributed by atoms with E-state index in [1.165, 1.54) is 30.0 Å². The molecule has 1 aliphatic heterocycles. The van der Waals surface area contributed by atoms with Crippen LogP contribution >= 0.6 is 0 Å². The molecule has 1 N–H and O–H groups in total. The summed E-state index contributed by atoms with van der Waals surface area (Å²) in [7, 11) is -3.46. The van der Waals surface area contributed by atoms with Crippen LogP contribution in [-0.2, 0) is 21.4 Å². The Morgan fingerprint density at radius 3 is 2.61 bits per heavy atom. The second-order valence-corrected chi connectivity index (χ2v) is 9.80. The molecular formula is C21H35N3O3S. The minimum absolute atomic E-state index is 0.145. The van der Waals surface area contributed by atoms with E-state index in [1.54, 1.807) is 0 Å². The molecule has 1 aromatic rings. The van der Waals surface area contributed by atoms with Gasteiger partial charge in [0.05, 0.1) is 12.8 Å². The number of likely N-dealkylation sites (tertiary alicyclic amines) is 1. The van der Waals surface area contributed by atoms with Crippen molar-refractivity contribution in [2.75, 3.05) is 32.4 Å². The molecule has 1 fully saturated rings. The molecule has 1 aliphatic rings. The summed E-state index contributed by atoms with van der Waals surface area (Å²) in [5, 5.41) is 2.88. The first-order valence-corrected chi connectivity index (χ1v) is 12.2. The SMILES string of the molecule is CC[C@H]1CCCCN1CCCNC(=O)CN(Cc1ccc(C)cc1)S(C)(=O)=O. The van der Waals surface area contributed by atoms with Gasteiger partial charge in [0, 0.05) is 25.7 Å². The summed E-state index contributed by atoms with van der Waals surface area (Å²) in [5.74, 6) is -0.247. The summed E-state index contributed by atoms with van der Waals surface area (Å²) in [5.41, 5.74) is 1.99. The van der Waals surface area contributed by atoms with Gasteiger partial charge in [0.25, 0.3) is 0 Å². The van der Waals surface area contributed by atoms with Crippen molar-refractivity contribution in [3.05, 3.63) is 35.4 Å². The van der Waals surface area contributed by atoms with Crippen LogP contribution in [0.4, 0.5) is 0 Å². The van der Waals surface area contributed by atoms with E-state index in [0.717, 1.165) is 36.9 Å². The third kappa shape index (κ3) is 7.53. The lowest BCUT2D eigenvalue weighted by Gasteiger charge is -2.35. The number of hydrogen-bond acceptors (Lipinski definition) is 4. The van der Waals surface area contributed by atoms with Gasteiger partial charge < -0.3 is 10.2 Å². The maximum absolute atomic E-state index is 12.3. The first-order valence-electron chi connectivity index (χ1n) is 10.3. The summed E-state index contributed by atoms with van der Waals surface area (Å²) in [6, 6.07) is 8.35. The molecule has 2 rings (SSSR count). The number of sulfonamides is 1. The van der Waals surface area contributed by atoms with Gasteiger partial charge >= 0.3 is 0 Å². The average molecular weight is 410 g/mol. The van der Waals surface area contributed by atoms with E-state index in [9.17, 15) is 13.2 Å². The summed E-state index contributed by atoms with van der Waals surface area (Å²) in [4.78, 5) is 14.8. The zero-order chi connectivity index (χ0) is 20.6. The number of carbonyl (C=O) groups is 1.